The minimum atomic E-state index is -4.04. The Morgan fingerprint density at radius 1 is 1.26 bits per heavy atom. The van der Waals surface area contributed by atoms with Crippen LogP contribution >= 0.6 is 30.6 Å². The molecular formula is C27H41N2O11PS2. The second kappa shape index (κ2) is 13.5. The van der Waals surface area contributed by atoms with Crippen molar-refractivity contribution in [3.8, 4) is 5.88 Å². The van der Waals surface area contributed by atoms with Crippen LogP contribution in [0.1, 0.15) is 60.1 Å². The third-order valence-electron chi connectivity index (χ3n) is 6.70. The van der Waals surface area contributed by atoms with Crippen molar-refractivity contribution in [2.75, 3.05) is 20.3 Å². The van der Waals surface area contributed by atoms with E-state index in [1.807, 2.05) is 20.8 Å². The third kappa shape index (κ3) is 7.83. The number of methoxy groups -OCH3 is 1. The van der Waals surface area contributed by atoms with Crippen molar-refractivity contribution in [1.29, 1.82) is 0 Å². The van der Waals surface area contributed by atoms with Gasteiger partial charge in [-0.2, -0.15) is 4.98 Å². The second-order valence-corrected chi connectivity index (χ2v) is 16.1. The van der Waals surface area contributed by atoms with E-state index in [0.717, 1.165) is 6.16 Å². The van der Waals surface area contributed by atoms with Crippen LogP contribution in [0.5, 0.6) is 5.88 Å². The van der Waals surface area contributed by atoms with Gasteiger partial charge in [0.05, 0.1) is 37.2 Å². The van der Waals surface area contributed by atoms with E-state index < -0.39 is 65.6 Å². The first-order chi connectivity index (χ1) is 19.8. The smallest absolute Gasteiger partial charge is 0.261 e. The highest BCUT2D eigenvalue weighted by atomic mass is 32.2. The first-order valence-electron chi connectivity index (χ1n) is 13.3. The Morgan fingerprint density at radius 2 is 1.91 bits per heavy atom. The maximum Gasteiger partial charge on any atom is 0.261 e. The van der Waals surface area contributed by atoms with Crippen LogP contribution in [0, 0.1) is 23.9 Å². The van der Waals surface area contributed by atoms with Crippen LogP contribution in [-0.4, -0.2) is 83.4 Å². The van der Waals surface area contributed by atoms with Crippen molar-refractivity contribution in [3.05, 3.63) is 31.2 Å². The summed E-state index contributed by atoms with van der Waals surface area (Å²) in [5.74, 6) is -1.22. The number of aliphatic hydroxyl groups is 2. The van der Waals surface area contributed by atoms with Crippen molar-refractivity contribution >= 4 is 51.8 Å². The molecule has 0 aromatic carbocycles. The molecule has 4 N–H and O–H groups in total. The normalized spacial score (nSPS) is 25.1. The fourth-order valence-corrected chi connectivity index (χ4v) is 6.56. The average Bonchev–Trinajstić information content (AvgIpc) is 3.43. The molecular weight excluding hydrogens is 623 g/mol. The van der Waals surface area contributed by atoms with E-state index in [0.29, 0.717) is 11.1 Å². The third-order valence-corrected chi connectivity index (χ3v) is 10.6. The second-order valence-electron chi connectivity index (χ2n) is 12.3. The highest BCUT2D eigenvalue weighted by Crippen LogP contribution is 2.57. The highest BCUT2D eigenvalue weighted by Gasteiger charge is 2.54. The molecule has 3 rings (SSSR count). The molecule has 0 amide bonds. The van der Waals surface area contributed by atoms with Gasteiger partial charge in [-0.1, -0.05) is 41.5 Å². The lowest BCUT2D eigenvalue weighted by Crippen LogP contribution is -2.43. The molecule has 1 aliphatic rings. The van der Waals surface area contributed by atoms with Crippen LogP contribution in [0.2, 0.25) is 0 Å². The standard InChI is InChI=1S/C27H41N2O11PS2/c1-10-41(32,17(13-37-23(42)25(2,3)4)40-24(43(33)34)26(5,6)7)38-12-16-20(30)27(8,31)21(39-16)15-11-36-19-18(15)28-14-29-22(19)35-9/h10-11,14,16-17,20-21,30-31,33-34H,1,12-13H2,2-9H3. The van der Waals surface area contributed by atoms with Gasteiger partial charge in [-0.25, -0.2) is 4.98 Å². The molecule has 0 aliphatic carbocycles. The van der Waals surface area contributed by atoms with Gasteiger partial charge < -0.3 is 47.2 Å². The van der Waals surface area contributed by atoms with Crippen molar-refractivity contribution in [2.45, 2.75) is 78.2 Å². The quantitative estimate of drug-likeness (QED) is 0.192. The van der Waals surface area contributed by atoms with Gasteiger partial charge in [-0.3, -0.25) is 4.57 Å². The van der Waals surface area contributed by atoms with E-state index in [1.54, 1.807) is 20.8 Å². The molecule has 16 heteroatoms. The molecule has 0 bridgehead atoms. The Bertz CT molecular complexity index is 1380. The van der Waals surface area contributed by atoms with E-state index in [9.17, 15) is 23.9 Å². The monoisotopic (exact) mass is 664 g/mol. The molecule has 1 fully saturated rings. The van der Waals surface area contributed by atoms with Gasteiger partial charge >= 0.3 is 0 Å². The lowest BCUT2D eigenvalue weighted by molar-refractivity contribution is -0.0643. The number of ether oxygens (including phenoxy) is 4. The Balaban J connectivity index is 1.89. The van der Waals surface area contributed by atoms with Gasteiger partial charge in [0.15, 0.2) is 10.9 Å². The minimum Gasteiger partial charge on any atom is -0.483 e. The molecule has 2 aromatic heterocycles. The molecule has 6 unspecified atom stereocenters. The predicted molar refractivity (Wildman–Crippen MR) is 166 cm³/mol. The number of thiocarbonyl (C=S) groups is 1. The van der Waals surface area contributed by atoms with Gasteiger partial charge in [0.25, 0.3) is 5.88 Å². The minimum absolute atomic E-state index is 0.155. The summed E-state index contributed by atoms with van der Waals surface area (Å²) >= 11 is 3.06. The summed E-state index contributed by atoms with van der Waals surface area (Å²) in [5.41, 5.74) is -2.34. The lowest BCUT2D eigenvalue weighted by atomic mass is 9.89. The van der Waals surface area contributed by atoms with E-state index in [1.165, 1.54) is 26.6 Å². The van der Waals surface area contributed by atoms with Crippen LogP contribution in [0.3, 0.4) is 0 Å². The Hall–Kier alpha value is -1.52. The van der Waals surface area contributed by atoms with Crippen LogP contribution in [0.15, 0.2) is 17.0 Å². The number of hydrogen-bond acceptors (Lipinski definition) is 14. The molecule has 13 nitrogen and oxygen atoms in total. The van der Waals surface area contributed by atoms with Crippen molar-refractivity contribution in [2.24, 2.45) is 10.8 Å². The maximum absolute atomic E-state index is 14.2. The number of hydrogen-bond donors (Lipinski definition) is 4. The van der Waals surface area contributed by atoms with Crippen molar-refractivity contribution in [3.63, 3.8) is 0 Å². The number of furan rings is 1. The zero-order valence-electron chi connectivity index (χ0n) is 25.5. The SMILES string of the molecule is [CH2][CH]P(=O)(OCC1OC(c2coc3c(OC)ncnc23)C(C)(O)C1O)C(COC(=S)C(C)(C)C)OC(=S(O)O)C(C)(C)C. The number of nitrogens with zero attached hydrogens (tertiary/aromatic N) is 2. The summed E-state index contributed by atoms with van der Waals surface area (Å²) in [6, 6.07) is 0. The van der Waals surface area contributed by atoms with E-state index >= 15 is 0 Å². The van der Waals surface area contributed by atoms with Gasteiger partial charge in [-0.05, 0) is 26.1 Å². The van der Waals surface area contributed by atoms with E-state index in [2.05, 4.69) is 16.9 Å². The summed E-state index contributed by atoms with van der Waals surface area (Å²) in [6.07, 6.45) is -0.136. The zero-order valence-corrected chi connectivity index (χ0v) is 28.0. The molecule has 6 atom stereocenters. The predicted octanol–water partition coefficient (Wildman–Crippen LogP) is 5.20. The van der Waals surface area contributed by atoms with Gasteiger partial charge in [-0.15, -0.1) is 0 Å². The van der Waals surface area contributed by atoms with Crippen molar-refractivity contribution in [1.82, 2.24) is 9.97 Å². The Morgan fingerprint density at radius 3 is 2.44 bits per heavy atom. The molecule has 0 saturated carbocycles. The zero-order chi connectivity index (χ0) is 32.5. The van der Waals surface area contributed by atoms with Crippen LogP contribution < -0.4 is 4.74 Å². The Kier molecular flexibility index (Phi) is 11.2. The molecule has 2 aromatic rings. The first kappa shape index (κ1) is 36.0. The van der Waals surface area contributed by atoms with Gasteiger partial charge in [0.1, 0.15) is 47.4 Å². The van der Waals surface area contributed by atoms with E-state index in [-0.39, 0.29) is 28.2 Å². The summed E-state index contributed by atoms with van der Waals surface area (Å²) < 4.78 is 68.6. The summed E-state index contributed by atoms with van der Waals surface area (Å²) in [5, 5.41) is 22.4. The van der Waals surface area contributed by atoms with Crippen LogP contribution in [0.4, 0.5) is 0 Å². The summed E-state index contributed by atoms with van der Waals surface area (Å²) in [4.78, 5) is 8.21. The van der Waals surface area contributed by atoms with Crippen LogP contribution in [0.25, 0.3) is 11.1 Å². The molecule has 43 heavy (non-hydrogen) atoms. The molecule has 1 aliphatic heterocycles. The number of aromatic nitrogens is 2. The van der Waals surface area contributed by atoms with Crippen LogP contribution in [-0.2, 0) is 23.3 Å². The first-order valence-corrected chi connectivity index (χ1v) is 16.6. The fourth-order valence-electron chi connectivity index (χ4n) is 4.25. The molecule has 1 saturated heterocycles. The summed E-state index contributed by atoms with van der Waals surface area (Å²) in [7, 11) is -2.62. The fraction of sp³-hybridized carbons (Fsp3) is 0.630. The number of fused-ring (bicyclic) bond motifs is 1. The van der Waals surface area contributed by atoms with Gasteiger partial charge in [0, 0.05) is 16.4 Å². The lowest BCUT2D eigenvalue weighted by Gasteiger charge is -2.32. The maximum atomic E-state index is 14.2. The highest BCUT2D eigenvalue weighted by molar-refractivity contribution is 8.05. The molecule has 3 heterocycles. The van der Waals surface area contributed by atoms with E-state index in [4.69, 9.17) is 40.1 Å². The molecule has 0 spiro atoms. The summed E-state index contributed by atoms with van der Waals surface area (Å²) in [6.45, 7) is 14.8. The largest absolute Gasteiger partial charge is 0.483 e. The topological polar surface area (TPSA) is 183 Å². The van der Waals surface area contributed by atoms with Gasteiger partial charge in [0.2, 0.25) is 13.0 Å². The Labute approximate surface area is 259 Å². The van der Waals surface area contributed by atoms with Crippen molar-refractivity contribution < 1.29 is 51.8 Å². The molecule has 2 radical (unpaired) electrons. The average molecular weight is 665 g/mol. The number of rotatable bonds is 10. The molecule has 242 valence electrons. The number of aliphatic hydroxyl groups excluding tert-OH is 1.